The lowest BCUT2D eigenvalue weighted by molar-refractivity contribution is -0.910. The average molecular weight is 974 g/mol. The minimum Gasteiger partial charge on any atom is -0.744 e. The highest BCUT2D eigenvalue weighted by Crippen LogP contribution is 2.19. The largest absolute Gasteiger partial charge is 0.744 e. The number of rotatable bonds is 44. The van der Waals surface area contributed by atoms with Crippen LogP contribution in [0.15, 0.2) is 34.1 Å². The van der Waals surface area contributed by atoms with Gasteiger partial charge in [-0.1, -0.05) is 196 Å². The third kappa shape index (κ3) is 43.0. The number of nitrogens with zero attached hydrogens (tertiary/aromatic N) is 2. The van der Waals surface area contributed by atoms with Gasteiger partial charge in [-0.15, -0.1) is 0 Å². The topological polar surface area (TPSA) is 114 Å². The molecule has 1 aromatic carbocycles. The van der Waals surface area contributed by atoms with E-state index in [1.54, 1.807) is 0 Å². The Morgan fingerprint density at radius 3 is 0.561 bits per heavy atom. The number of unbranched alkanes of at least 4 members (excludes halogenated alkanes) is 30. The molecule has 0 heterocycles. The van der Waals surface area contributed by atoms with Crippen LogP contribution in [0.1, 0.15) is 273 Å². The van der Waals surface area contributed by atoms with Gasteiger partial charge in [0.2, 0.25) is 0 Å². The van der Waals surface area contributed by atoms with Crippen molar-refractivity contribution in [3.8, 4) is 0 Å². The van der Waals surface area contributed by atoms with Gasteiger partial charge in [-0.25, -0.2) is 16.8 Å². The lowest BCUT2D eigenvalue weighted by Gasteiger charge is -2.35. The molecule has 1 aromatic rings. The number of hydrogen-bond acceptors (Lipinski definition) is 6. The van der Waals surface area contributed by atoms with Gasteiger partial charge in [0.05, 0.1) is 63.2 Å². The summed E-state index contributed by atoms with van der Waals surface area (Å²) in [5, 5.41) is 0. The van der Waals surface area contributed by atoms with Crippen molar-refractivity contribution in [3.05, 3.63) is 24.3 Å². The van der Waals surface area contributed by atoms with Crippen molar-refractivity contribution < 1.29 is 34.9 Å². The van der Waals surface area contributed by atoms with Gasteiger partial charge in [0.25, 0.3) is 0 Å². The second kappa shape index (κ2) is 45.1. The zero-order valence-electron chi connectivity index (χ0n) is 45.2. The van der Waals surface area contributed by atoms with Crippen LogP contribution in [-0.2, 0) is 20.2 Å². The Balaban J connectivity index is 0. The summed E-state index contributed by atoms with van der Waals surface area (Å²) in [6, 6.07) is 3.08. The van der Waals surface area contributed by atoms with Gasteiger partial charge in [0.15, 0.2) is 0 Å². The Morgan fingerprint density at radius 2 is 0.424 bits per heavy atom. The normalized spacial score (nSPS) is 12.2. The molecule has 0 unspecified atom stereocenters. The standard InChI is InChI=1S/2C25H54N.C6H6O6S2/c2*1-5-8-11-14-17-20-23-26(4,24-21-18-15-12-9-6-2)25-22-19-16-13-10-7-3;7-13(8,9)5-1-2-6(4-3-5)14(10,11)12/h2*5-25H2,1-4H3;1-4H,(H,7,8,9)(H,10,11,12)/q2*+1;/p-2. The van der Waals surface area contributed by atoms with Crippen molar-refractivity contribution in [1.29, 1.82) is 0 Å². The molecule has 0 bridgehead atoms. The first kappa shape index (κ1) is 67.0. The van der Waals surface area contributed by atoms with E-state index in [4.69, 9.17) is 0 Å². The summed E-state index contributed by atoms with van der Waals surface area (Å²) in [4.78, 5) is -1.16. The lowest BCUT2D eigenvalue weighted by Crippen LogP contribution is -2.46. The van der Waals surface area contributed by atoms with Crippen LogP contribution < -0.4 is 0 Å². The maximum atomic E-state index is 10.4. The molecule has 0 amide bonds. The summed E-state index contributed by atoms with van der Waals surface area (Å²) in [6.07, 6.45) is 51.7. The summed E-state index contributed by atoms with van der Waals surface area (Å²) in [6.45, 7) is 22.4. The van der Waals surface area contributed by atoms with Crippen LogP contribution in [0.4, 0.5) is 0 Å². The molecule has 0 saturated heterocycles. The smallest absolute Gasteiger partial charge is 0.124 e. The van der Waals surface area contributed by atoms with Crippen LogP contribution >= 0.6 is 0 Å². The molecule has 0 spiro atoms. The lowest BCUT2D eigenvalue weighted by atomic mass is 10.1. The van der Waals surface area contributed by atoms with Gasteiger partial charge in [-0.2, -0.15) is 0 Å². The van der Waals surface area contributed by atoms with E-state index in [0.29, 0.717) is 0 Å². The monoisotopic (exact) mass is 973 g/mol. The molecule has 0 aliphatic heterocycles. The van der Waals surface area contributed by atoms with E-state index in [-0.39, 0.29) is 0 Å². The van der Waals surface area contributed by atoms with Gasteiger partial charge in [0.1, 0.15) is 20.2 Å². The minimum atomic E-state index is -4.61. The Kier molecular flexibility index (Phi) is 45.8. The first-order valence-corrected chi connectivity index (χ1v) is 31.1. The highest BCUT2D eigenvalue weighted by molar-refractivity contribution is 7.86. The van der Waals surface area contributed by atoms with E-state index in [1.165, 1.54) is 279 Å². The Morgan fingerprint density at radius 1 is 0.288 bits per heavy atom. The van der Waals surface area contributed by atoms with E-state index < -0.39 is 30.0 Å². The fourth-order valence-corrected chi connectivity index (χ4v) is 10.0. The quantitative estimate of drug-likeness (QED) is 0.0365. The van der Waals surface area contributed by atoms with Crippen molar-refractivity contribution in [2.45, 2.75) is 282 Å². The number of hydrogen-bond donors (Lipinski definition) is 0. The second-order valence-electron chi connectivity index (χ2n) is 20.6. The molecule has 0 radical (unpaired) electrons. The van der Waals surface area contributed by atoms with Crippen LogP contribution in [0.2, 0.25) is 0 Å². The van der Waals surface area contributed by atoms with Crippen molar-refractivity contribution in [3.63, 3.8) is 0 Å². The summed E-state index contributed by atoms with van der Waals surface area (Å²) < 4.78 is 65.2. The van der Waals surface area contributed by atoms with E-state index in [2.05, 4.69) is 55.6 Å². The van der Waals surface area contributed by atoms with Crippen molar-refractivity contribution in [1.82, 2.24) is 0 Å². The van der Waals surface area contributed by atoms with Gasteiger partial charge >= 0.3 is 0 Å². The third-order valence-electron chi connectivity index (χ3n) is 13.7. The van der Waals surface area contributed by atoms with Crippen LogP contribution in [0.25, 0.3) is 0 Å². The van der Waals surface area contributed by atoms with Crippen molar-refractivity contribution in [2.75, 3.05) is 53.4 Å². The molecule has 0 saturated carbocycles. The van der Waals surface area contributed by atoms with E-state index >= 15 is 0 Å². The Hall–Kier alpha value is -1.04. The minimum absolute atomic E-state index is 0.579. The summed E-state index contributed by atoms with van der Waals surface area (Å²) in [5.41, 5.74) is 0. The molecule has 0 aliphatic carbocycles. The number of benzene rings is 1. The molecule has 66 heavy (non-hydrogen) atoms. The maximum Gasteiger partial charge on any atom is 0.124 e. The molecule has 8 nitrogen and oxygen atoms in total. The molecular formula is C56H112N2O6S2. The fourth-order valence-electron chi connectivity index (χ4n) is 9.09. The summed E-state index contributed by atoms with van der Waals surface area (Å²) >= 11 is 0. The van der Waals surface area contributed by atoms with E-state index in [1.807, 2.05) is 0 Å². The maximum absolute atomic E-state index is 10.4. The molecule has 0 aliphatic rings. The van der Waals surface area contributed by atoms with Crippen LogP contribution in [0, 0.1) is 0 Å². The SMILES string of the molecule is CCCCCCCC[N+](C)(CCCCCCCC)CCCCCCCC.CCCCCCCC[N+](C)(CCCCCCCC)CCCCCCCC.O=S(=O)([O-])c1ccc(S(=O)(=O)[O-])cc1. The van der Waals surface area contributed by atoms with Gasteiger partial charge in [0, 0.05) is 0 Å². The van der Waals surface area contributed by atoms with Gasteiger partial charge < -0.3 is 18.1 Å². The van der Waals surface area contributed by atoms with Crippen molar-refractivity contribution >= 4 is 20.2 Å². The number of quaternary nitrogens is 2. The Labute approximate surface area is 413 Å². The van der Waals surface area contributed by atoms with Gasteiger partial charge in [-0.3, -0.25) is 0 Å². The Bertz CT molecular complexity index is 1200. The van der Waals surface area contributed by atoms with Crippen LogP contribution in [-0.4, -0.2) is 88.3 Å². The van der Waals surface area contributed by atoms with E-state index in [0.717, 1.165) is 24.3 Å². The first-order valence-electron chi connectivity index (χ1n) is 28.3. The molecule has 0 N–H and O–H groups in total. The molecule has 10 heteroatoms. The molecule has 0 atom stereocenters. The first-order chi connectivity index (χ1) is 31.6. The highest BCUT2D eigenvalue weighted by Gasteiger charge is 2.21. The molecular weight excluding hydrogens is 861 g/mol. The predicted molar refractivity (Wildman–Crippen MR) is 284 cm³/mol. The van der Waals surface area contributed by atoms with Crippen molar-refractivity contribution in [2.24, 2.45) is 0 Å². The zero-order valence-corrected chi connectivity index (χ0v) is 46.8. The van der Waals surface area contributed by atoms with Crippen LogP contribution in [0.5, 0.6) is 0 Å². The molecule has 394 valence electrons. The third-order valence-corrected chi connectivity index (χ3v) is 15.4. The molecule has 0 aromatic heterocycles. The highest BCUT2D eigenvalue weighted by atomic mass is 32.2. The summed E-state index contributed by atoms with van der Waals surface area (Å²) in [5.74, 6) is 0. The summed E-state index contributed by atoms with van der Waals surface area (Å²) in [7, 11) is -4.10. The van der Waals surface area contributed by atoms with Crippen LogP contribution in [0.3, 0.4) is 0 Å². The molecule has 0 fully saturated rings. The predicted octanol–water partition coefficient (Wildman–Crippen LogP) is 16.5. The fraction of sp³-hybridized carbons (Fsp3) is 0.893. The zero-order chi connectivity index (χ0) is 49.7. The molecule has 1 rings (SSSR count). The van der Waals surface area contributed by atoms with E-state index in [9.17, 15) is 25.9 Å². The average Bonchev–Trinajstić information content (AvgIpc) is 3.28. The second-order valence-corrected chi connectivity index (χ2v) is 23.3. The van der Waals surface area contributed by atoms with Gasteiger partial charge in [-0.05, 0) is 101 Å².